The fourth-order valence-corrected chi connectivity index (χ4v) is 2.68. The van der Waals surface area contributed by atoms with E-state index in [4.69, 9.17) is 16.3 Å². The molecule has 0 aliphatic carbocycles. The number of hydrogen-bond donors (Lipinski definition) is 1. The molecule has 0 aliphatic rings. The van der Waals surface area contributed by atoms with Crippen LogP contribution in [0, 0.1) is 0 Å². The number of pyridine rings is 1. The maximum Gasteiger partial charge on any atom is 0.298 e. The Hall–Kier alpha value is -1.37. The van der Waals surface area contributed by atoms with Crippen molar-refractivity contribution in [2.45, 2.75) is 4.90 Å². The molecule has 0 bridgehead atoms. The smallest absolute Gasteiger partial charge is 0.298 e. The first-order valence-corrected chi connectivity index (χ1v) is 6.35. The average molecular weight is 274 g/mol. The van der Waals surface area contributed by atoms with Crippen molar-refractivity contribution in [2.24, 2.45) is 0 Å². The van der Waals surface area contributed by atoms with E-state index in [0.717, 1.165) is 0 Å². The Kier molecular flexibility index (Phi) is 2.94. The molecule has 7 heteroatoms. The van der Waals surface area contributed by atoms with Gasteiger partial charge in [-0.05, 0) is 18.2 Å². The Morgan fingerprint density at radius 3 is 2.59 bits per heavy atom. The Balaban J connectivity index is 3.00. The van der Waals surface area contributed by atoms with Gasteiger partial charge in [0.25, 0.3) is 10.1 Å². The third-order valence-corrected chi connectivity index (χ3v) is 3.53. The van der Waals surface area contributed by atoms with Crippen LogP contribution in [0.5, 0.6) is 5.75 Å². The maximum absolute atomic E-state index is 11.3. The number of ether oxygens (including phenoxy) is 1. The maximum atomic E-state index is 11.3. The lowest BCUT2D eigenvalue weighted by Crippen LogP contribution is -2.02. The first-order valence-electron chi connectivity index (χ1n) is 4.54. The molecule has 5 nitrogen and oxygen atoms in total. The summed E-state index contributed by atoms with van der Waals surface area (Å²) < 4.78 is 36.8. The number of hydrogen-bond acceptors (Lipinski definition) is 4. The molecule has 1 heterocycles. The van der Waals surface area contributed by atoms with Gasteiger partial charge in [-0.3, -0.25) is 4.55 Å². The van der Waals surface area contributed by atoms with Crippen LogP contribution in [0.1, 0.15) is 0 Å². The van der Waals surface area contributed by atoms with Crippen LogP contribution < -0.4 is 4.74 Å². The van der Waals surface area contributed by atoms with Crippen molar-refractivity contribution in [1.82, 2.24) is 4.98 Å². The molecule has 90 valence electrons. The first-order chi connectivity index (χ1) is 7.95. The van der Waals surface area contributed by atoms with Gasteiger partial charge in [0, 0.05) is 17.0 Å². The van der Waals surface area contributed by atoms with E-state index in [1.165, 1.54) is 25.4 Å². The number of halogens is 1. The molecule has 0 saturated carbocycles. The molecule has 1 aromatic carbocycles. The molecule has 0 radical (unpaired) electrons. The fraction of sp³-hybridized carbons (Fsp3) is 0.100. The molecule has 0 amide bonds. The summed E-state index contributed by atoms with van der Waals surface area (Å²) in [5.41, 5.74) is 0. The van der Waals surface area contributed by atoms with Gasteiger partial charge in [0.15, 0.2) is 0 Å². The summed E-state index contributed by atoms with van der Waals surface area (Å²) >= 11 is 5.85. The predicted molar refractivity (Wildman–Crippen MR) is 63.1 cm³/mol. The zero-order valence-electron chi connectivity index (χ0n) is 8.71. The van der Waals surface area contributed by atoms with E-state index in [-0.39, 0.29) is 21.2 Å². The minimum atomic E-state index is -4.40. The molecule has 2 rings (SSSR count). The summed E-state index contributed by atoms with van der Waals surface area (Å²) in [5.74, 6) is 0.0577. The largest absolute Gasteiger partial charge is 0.495 e. The summed E-state index contributed by atoms with van der Waals surface area (Å²) in [4.78, 5) is 3.53. The molecule has 0 unspecified atom stereocenters. The minimum Gasteiger partial charge on any atom is -0.495 e. The van der Waals surface area contributed by atoms with Crippen molar-refractivity contribution in [2.75, 3.05) is 7.11 Å². The van der Waals surface area contributed by atoms with Gasteiger partial charge in [-0.15, -0.1) is 0 Å². The highest BCUT2D eigenvalue weighted by molar-refractivity contribution is 7.86. The molecule has 0 atom stereocenters. The van der Waals surface area contributed by atoms with Gasteiger partial charge in [0.2, 0.25) is 0 Å². The van der Waals surface area contributed by atoms with Crippen LogP contribution in [0.25, 0.3) is 10.8 Å². The SMILES string of the molecule is COc1ccc2c(Cl)nccc2c1S(=O)(=O)O. The Bertz CT molecular complexity index is 684. The van der Waals surface area contributed by atoms with Crippen LogP contribution in [0.4, 0.5) is 0 Å². The van der Waals surface area contributed by atoms with Crippen LogP contribution in [0.3, 0.4) is 0 Å². The van der Waals surface area contributed by atoms with Gasteiger partial charge >= 0.3 is 0 Å². The Morgan fingerprint density at radius 2 is 2.00 bits per heavy atom. The first kappa shape index (κ1) is 12.1. The fourth-order valence-electron chi connectivity index (χ4n) is 1.60. The monoisotopic (exact) mass is 273 g/mol. The van der Waals surface area contributed by atoms with Crippen molar-refractivity contribution in [3.05, 3.63) is 29.5 Å². The Labute approximate surface area is 103 Å². The second-order valence-corrected chi connectivity index (χ2v) is 4.99. The van der Waals surface area contributed by atoms with Crippen molar-refractivity contribution in [1.29, 1.82) is 0 Å². The summed E-state index contributed by atoms with van der Waals surface area (Å²) in [5, 5.41) is 0.865. The molecule has 2 aromatic rings. The van der Waals surface area contributed by atoms with Gasteiger partial charge in [0.1, 0.15) is 15.8 Å². The lowest BCUT2D eigenvalue weighted by molar-refractivity contribution is 0.399. The third kappa shape index (κ3) is 2.06. The highest BCUT2D eigenvalue weighted by Crippen LogP contribution is 2.33. The normalized spacial score (nSPS) is 11.7. The van der Waals surface area contributed by atoms with Gasteiger partial charge in [-0.1, -0.05) is 11.6 Å². The molecule has 0 saturated heterocycles. The number of aromatic nitrogens is 1. The number of rotatable bonds is 2. The second kappa shape index (κ2) is 4.14. The number of methoxy groups -OCH3 is 1. The molecule has 1 N–H and O–H groups in total. The van der Waals surface area contributed by atoms with Crippen LogP contribution in [0.15, 0.2) is 29.3 Å². The number of nitrogens with zero attached hydrogens (tertiary/aromatic N) is 1. The molecule has 0 spiro atoms. The van der Waals surface area contributed by atoms with Crippen molar-refractivity contribution >= 4 is 32.5 Å². The van der Waals surface area contributed by atoms with Crippen LogP contribution in [0.2, 0.25) is 5.15 Å². The van der Waals surface area contributed by atoms with E-state index in [2.05, 4.69) is 4.98 Å². The van der Waals surface area contributed by atoms with Gasteiger partial charge in [0.05, 0.1) is 7.11 Å². The lowest BCUT2D eigenvalue weighted by Gasteiger charge is -2.09. The zero-order valence-corrected chi connectivity index (χ0v) is 10.3. The van der Waals surface area contributed by atoms with Crippen LogP contribution in [-0.2, 0) is 10.1 Å². The Morgan fingerprint density at radius 1 is 1.29 bits per heavy atom. The number of fused-ring (bicyclic) bond motifs is 1. The minimum absolute atomic E-state index is 0.0577. The van der Waals surface area contributed by atoms with E-state index in [1.54, 1.807) is 6.07 Å². The van der Waals surface area contributed by atoms with E-state index in [9.17, 15) is 13.0 Å². The second-order valence-electron chi connectivity index (χ2n) is 3.27. The molecule has 0 aliphatic heterocycles. The summed E-state index contributed by atoms with van der Waals surface area (Å²) in [6.45, 7) is 0. The topological polar surface area (TPSA) is 76.5 Å². The van der Waals surface area contributed by atoms with Crippen molar-refractivity contribution < 1.29 is 17.7 Å². The van der Waals surface area contributed by atoms with Crippen LogP contribution in [-0.4, -0.2) is 25.1 Å². The third-order valence-electron chi connectivity index (χ3n) is 2.29. The van der Waals surface area contributed by atoms with Gasteiger partial charge in [-0.25, -0.2) is 4.98 Å². The zero-order chi connectivity index (χ0) is 12.6. The molecule has 1 aromatic heterocycles. The quantitative estimate of drug-likeness (QED) is 0.670. The molecule has 17 heavy (non-hydrogen) atoms. The van der Waals surface area contributed by atoms with Gasteiger partial charge in [-0.2, -0.15) is 8.42 Å². The van der Waals surface area contributed by atoms with E-state index >= 15 is 0 Å². The highest BCUT2D eigenvalue weighted by atomic mass is 35.5. The van der Waals surface area contributed by atoms with Crippen molar-refractivity contribution in [3.63, 3.8) is 0 Å². The number of benzene rings is 1. The lowest BCUT2D eigenvalue weighted by atomic mass is 10.2. The molecular weight excluding hydrogens is 266 g/mol. The standard InChI is InChI=1S/C10H8ClNO4S/c1-16-8-3-2-7-6(4-5-12-10(7)11)9(8)17(13,14)15/h2-5H,1H3,(H,13,14,15). The molecular formula is C10H8ClNO4S. The van der Waals surface area contributed by atoms with E-state index in [1.807, 2.05) is 0 Å². The van der Waals surface area contributed by atoms with E-state index < -0.39 is 10.1 Å². The van der Waals surface area contributed by atoms with Crippen molar-refractivity contribution in [3.8, 4) is 5.75 Å². The summed E-state index contributed by atoms with van der Waals surface area (Å²) in [7, 11) is -3.08. The van der Waals surface area contributed by atoms with Gasteiger partial charge < -0.3 is 4.74 Å². The predicted octanol–water partition coefficient (Wildman–Crippen LogP) is 2.14. The van der Waals surface area contributed by atoms with Crippen LogP contribution >= 0.6 is 11.6 Å². The highest BCUT2D eigenvalue weighted by Gasteiger charge is 2.21. The summed E-state index contributed by atoms with van der Waals surface area (Å²) in [6.07, 6.45) is 1.36. The van der Waals surface area contributed by atoms with E-state index in [0.29, 0.717) is 5.39 Å². The molecule has 0 fully saturated rings. The summed E-state index contributed by atoms with van der Waals surface area (Å²) in [6, 6.07) is 4.45. The average Bonchev–Trinajstić information content (AvgIpc) is 2.26.